The van der Waals surface area contributed by atoms with Crippen molar-refractivity contribution >= 4 is 11.6 Å². The molecule has 1 rings (SSSR count). The van der Waals surface area contributed by atoms with Crippen LogP contribution in [0.2, 0.25) is 0 Å². The Labute approximate surface area is 96.5 Å². The quantitative estimate of drug-likeness (QED) is 0.724. The van der Waals surface area contributed by atoms with E-state index in [0.717, 1.165) is 24.1 Å². The van der Waals surface area contributed by atoms with E-state index in [4.69, 9.17) is 5.11 Å². The van der Waals surface area contributed by atoms with Crippen molar-refractivity contribution in [3.63, 3.8) is 0 Å². The first-order valence-electron chi connectivity index (χ1n) is 5.76. The zero-order valence-corrected chi connectivity index (χ0v) is 9.70. The first kappa shape index (κ1) is 12.7. The summed E-state index contributed by atoms with van der Waals surface area (Å²) in [5.74, 6) is -0.358. The van der Waals surface area contributed by atoms with Crippen LogP contribution in [0.4, 0.5) is 5.69 Å². The Hall–Kier alpha value is -1.35. The molecule has 1 amide bonds. The molecule has 0 bridgehead atoms. The number of anilines is 1. The van der Waals surface area contributed by atoms with E-state index in [1.165, 1.54) is 12.8 Å². The number of para-hydroxylation sites is 1. The number of carbonyl (C=O) groups is 1. The van der Waals surface area contributed by atoms with Crippen LogP contribution in [0, 0.1) is 0 Å². The second-order valence-corrected chi connectivity index (χ2v) is 3.82. The third-order valence-electron chi connectivity index (χ3n) is 2.48. The fraction of sp³-hybridized carbons (Fsp3) is 0.462. The highest BCUT2D eigenvalue weighted by Gasteiger charge is 2.04. The SMILES string of the molecule is CCCCCc1ccccc1NC(=O)CO. The molecule has 0 unspecified atom stereocenters. The molecule has 0 aliphatic carbocycles. The maximum Gasteiger partial charge on any atom is 0.250 e. The van der Waals surface area contributed by atoms with Crippen LogP contribution >= 0.6 is 0 Å². The Bertz CT molecular complexity index is 336. The van der Waals surface area contributed by atoms with Crippen molar-refractivity contribution < 1.29 is 9.90 Å². The summed E-state index contributed by atoms with van der Waals surface area (Å²) >= 11 is 0. The smallest absolute Gasteiger partial charge is 0.250 e. The van der Waals surface area contributed by atoms with E-state index in [2.05, 4.69) is 12.2 Å². The molecular weight excluding hydrogens is 202 g/mol. The van der Waals surface area contributed by atoms with Gasteiger partial charge in [-0.3, -0.25) is 4.79 Å². The van der Waals surface area contributed by atoms with Crippen molar-refractivity contribution in [3.8, 4) is 0 Å². The second kappa shape index (κ2) is 7.01. The van der Waals surface area contributed by atoms with E-state index in [1.807, 2.05) is 24.3 Å². The number of rotatable bonds is 6. The third kappa shape index (κ3) is 4.03. The highest BCUT2D eigenvalue weighted by atomic mass is 16.3. The molecule has 2 N–H and O–H groups in total. The average Bonchev–Trinajstić information content (AvgIpc) is 2.31. The van der Waals surface area contributed by atoms with E-state index in [-0.39, 0.29) is 5.91 Å². The number of aliphatic hydroxyl groups excluding tert-OH is 1. The maximum atomic E-state index is 11.1. The summed E-state index contributed by atoms with van der Waals surface area (Å²) in [6.45, 7) is 1.70. The zero-order valence-electron chi connectivity index (χ0n) is 9.70. The molecule has 3 heteroatoms. The molecule has 1 aromatic carbocycles. The second-order valence-electron chi connectivity index (χ2n) is 3.82. The molecule has 3 nitrogen and oxygen atoms in total. The Morgan fingerprint density at radius 1 is 1.31 bits per heavy atom. The van der Waals surface area contributed by atoms with Crippen LogP contribution < -0.4 is 5.32 Å². The molecule has 88 valence electrons. The van der Waals surface area contributed by atoms with Gasteiger partial charge in [0.2, 0.25) is 5.91 Å². The lowest BCUT2D eigenvalue weighted by molar-refractivity contribution is -0.118. The van der Waals surface area contributed by atoms with Gasteiger partial charge >= 0.3 is 0 Å². The van der Waals surface area contributed by atoms with Crippen LogP contribution in [0.5, 0.6) is 0 Å². The fourth-order valence-electron chi connectivity index (χ4n) is 1.62. The van der Waals surface area contributed by atoms with Crippen LogP contribution in [0.15, 0.2) is 24.3 Å². The Morgan fingerprint density at radius 3 is 2.75 bits per heavy atom. The van der Waals surface area contributed by atoms with Crippen LogP contribution in [-0.2, 0) is 11.2 Å². The minimum Gasteiger partial charge on any atom is -0.387 e. The van der Waals surface area contributed by atoms with Crippen molar-refractivity contribution in [2.24, 2.45) is 0 Å². The van der Waals surface area contributed by atoms with Crippen molar-refractivity contribution in [2.45, 2.75) is 32.6 Å². The average molecular weight is 221 g/mol. The molecular formula is C13H19NO2. The minimum absolute atomic E-state index is 0.358. The summed E-state index contributed by atoms with van der Waals surface area (Å²) in [6, 6.07) is 7.74. The lowest BCUT2D eigenvalue weighted by Crippen LogP contribution is -2.16. The van der Waals surface area contributed by atoms with Gasteiger partial charge in [-0.2, -0.15) is 0 Å². The van der Waals surface area contributed by atoms with Gasteiger partial charge in [0, 0.05) is 5.69 Å². The first-order chi connectivity index (χ1) is 7.77. The van der Waals surface area contributed by atoms with Gasteiger partial charge in [0.05, 0.1) is 0 Å². The minimum atomic E-state index is -0.469. The van der Waals surface area contributed by atoms with Crippen LogP contribution in [0.25, 0.3) is 0 Å². The number of aryl methyl sites for hydroxylation is 1. The highest BCUT2D eigenvalue weighted by Crippen LogP contribution is 2.17. The maximum absolute atomic E-state index is 11.1. The van der Waals surface area contributed by atoms with Gasteiger partial charge < -0.3 is 10.4 Å². The summed E-state index contributed by atoms with van der Waals surface area (Å²) in [5.41, 5.74) is 1.95. The number of unbranched alkanes of at least 4 members (excludes halogenated alkanes) is 2. The van der Waals surface area contributed by atoms with Gasteiger partial charge in [0.1, 0.15) is 6.61 Å². The number of aliphatic hydroxyl groups is 1. The summed E-state index contributed by atoms with van der Waals surface area (Å²) in [6.07, 6.45) is 4.48. The van der Waals surface area contributed by atoms with Gasteiger partial charge in [0.25, 0.3) is 0 Å². The largest absolute Gasteiger partial charge is 0.387 e. The van der Waals surface area contributed by atoms with E-state index >= 15 is 0 Å². The Morgan fingerprint density at radius 2 is 2.06 bits per heavy atom. The molecule has 0 spiro atoms. The first-order valence-corrected chi connectivity index (χ1v) is 5.76. The molecule has 0 radical (unpaired) electrons. The van der Waals surface area contributed by atoms with Crippen LogP contribution in [0.1, 0.15) is 31.7 Å². The normalized spacial score (nSPS) is 10.1. The number of hydrogen-bond donors (Lipinski definition) is 2. The van der Waals surface area contributed by atoms with Crippen molar-refractivity contribution in [2.75, 3.05) is 11.9 Å². The zero-order chi connectivity index (χ0) is 11.8. The molecule has 0 aliphatic rings. The van der Waals surface area contributed by atoms with E-state index < -0.39 is 6.61 Å². The molecule has 0 heterocycles. The van der Waals surface area contributed by atoms with E-state index in [9.17, 15) is 4.79 Å². The van der Waals surface area contributed by atoms with E-state index in [1.54, 1.807) is 0 Å². The summed E-state index contributed by atoms with van der Waals surface area (Å²) in [4.78, 5) is 11.1. The predicted molar refractivity (Wildman–Crippen MR) is 65.4 cm³/mol. The van der Waals surface area contributed by atoms with Gasteiger partial charge in [0.15, 0.2) is 0 Å². The number of amides is 1. The standard InChI is InChI=1S/C13H19NO2/c1-2-3-4-7-11-8-5-6-9-12(11)14-13(16)10-15/h5-6,8-9,15H,2-4,7,10H2,1H3,(H,14,16). The van der Waals surface area contributed by atoms with Crippen molar-refractivity contribution in [1.82, 2.24) is 0 Å². The number of hydrogen-bond acceptors (Lipinski definition) is 2. The number of benzene rings is 1. The number of carbonyl (C=O) groups excluding carboxylic acids is 1. The molecule has 0 aliphatic heterocycles. The fourth-order valence-corrected chi connectivity index (χ4v) is 1.62. The van der Waals surface area contributed by atoms with Gasteiger partial charge in [-0.05, 0) is 24.5 Å². The molecule has 0 saturated carbocycles. The lowest BCUT2D eigenvalue weighted by Gasteiger charge is -2.09. The highest BCUT2D eigenvalue weighted by molar-refractivity contribution is 5.92. The molecule has 0 atom stereocenters. The van der Waals surface area contributed by atoms with Crippen LogP contribution in [0.3, 0.4) is 0 Å². The van der Waals surface area contributed by atoms with Gasteiger partial charge in [-0.15, -0.1) is 0 Å². The third-order valence-corrected chi connectivity index (χ3v) is 2.48. The lowest BCUT2D eigenvalue weighted by atomic mass is 10.1. The topological polar surface area (TPSA) is 49.3 Å². The van der Waals surface area contributed by atoms with Crippen LogP contribution in [-0.4, -0.2) is 17.6 Å². The molecule has 0 saturated heterocycles. The molecule has 16 heavy (non-hydrogen) atoms. The van der Waals surface area contributed by atoms with Gasteiger partial charge in [-0.25, -0.2) is 0 Å². The summed E-state index contributed by atoms with van der Waals surface area (Å²) < 4.78 is 0. The van der Waals surface area contributed by atoms with Crippen molar-refractivity contribution in [3.05, 3.63) is 29.8 Å². The Balaban J connectivity index is 2.63. The molecule has 0 aromatic heterocycles. The summed E-state index contributed by atoms with van der Waals surface area (Å²) in [5, 5.41) is 11.4. The van der Waals surface area contributed by atoms with Crippen molar-refractivity contribution in [1.29, 1.82) is 0 Å². The number of nitrogens with one attached hydrogen (secondary N) is 1. The predicted octanol–water partition coefficient (Wildman–Crippen LogP) is 2.35. The van der Waals surface area contributed by atoms with Gasteiger partial charge in [-0.1, -0.05) is 38.0 Å². The monoisotopic (exact) mass is 221 g/mol. The molecule has 1 aromatic rings. The van der Waals surface area contributed by atoms with E-state index in [0.29, 0.717) is 0 Å². The molecule has 0 fully saturated rings. The Kier molecular flexibility index (Phi) is 5.57. The summed E-state index contributed by atoms with van der Waals surface area (Å²) in [7, 11) is 0.